The quantitative estimate of drug-likeness (QED) is 0.317. The van der Waals surface area contributed by atoms with Gasteiger partial charge in [0.15, 0.2) is 0 Å². The fourth-order valence-electron chi connectivity index (χ4n) is 3.42. The Bertz CT molecular complexity index is 1190. The van der Waals surface area contributed by atoms with Gasteiger partial charge in [-0.25, -0.2) is 0 Å². The van der Waals surface area contributed by atoms with Crippen molar-refractivity contribution in [3.63, 3.8) is 0 Å². The summed E-state index contributed by atoms with van der Waals surface area (Å²) in [6, 6.07) is 34.3. The van der Waals surface area contributed by atoms with Gasteiger partial charge in [-0.2, -0.15) is 0 Å². The molecule has 0 bridgehead atoms. The van der Waals surface area contributed by atoms with E-state index in [-0.39, 0.29) is 11.8 Å². The molecule has 0 atom stereocenters. The molecule has 0 spiro atoms. The molecule has 0 saturated carbocycles. The van der Waals surface area contributed by atoms with Gasteiger partial charge in [0.05, 0.1) is 5.75 Å². The lowest BCUT2D eigenvalue weighted by molar-refractivity contribution is -0.115. The van der Waals surface area contributed by atoms with Crippen molar-refractivity contribution in [2.75, 3.05) is 16.0 Å². The van der Waals surface area contributed by atoms with Gasteiger partial charge in [0.1, 0.15) is 0 Å². The third-order valence-electron chi connectivity index (χ3n) is 5.03. The van der Waals surface area contributed by atoms with Crippen LogP contribution in [0.25, 0.3) is 0 Å². The number of hydrogen-bond donors (Lipinski definition) is 1. The van der Waals surface area contributed by atoms with Gasteiger partial charge in [0.25, 0.3) is 5.91 Å². The van der Waals surface area contributed by atoms with Gasteiger partial charge in [-0.05, 0) is 67.6 Å². The molecule has 0 heterocycles. The number of amides is 2. The topological polar surface area (TPSA) is 49.4 Å². The van der Waals surface area contributed by atoms with Crippen LogP contribution in [0.3, 0.4) is 0 Å². The van der Waals surface area contributed by atoms with E-state index >= 15 is 0 Å². The lowest BCUT2D eigenvalue weighted by Crippen LogP contribution is -2.27. The molecular formula is C28H24N2O2S. The number of aryl methyl sites for hydroxylation is 1. The van der Waals surface area contributed by atoms with E-state index in [1.165, 1.54) is 11.8 Å². The first-order valence-corrected chi connectivity index (χ1v) is 11.6. The fourth-order valence-corrected chi connectivity index (χ4v) is 4.17. The summed E-state index contributed by atoms with van der Waals surface area (Å²) in [4.78, 5) is 28.3. The molecule has 33 heavy (non-hydrogen) atoms. The molecule has 0 aliphatic carbocycles. The minimum Gasteiger partial charge on any atom is -0.322 e. The fraction of sp³-hybridized carbons (Fsp3) is 0.0714. The van der Waals surface area contributed by atoms with Gasteiger partial charge >= 0.3 is 0 Å². The normalized spacial score (nSPS) is 10.5. The number of carbonyl (C=O) groups is 2. The standard InChI is InChI=1S/C28H24N2O2S/c1-21-9-8-10-22(19-21)28(32)29-23-15-17-26(18-16-23)33-20-27(31)30(24-11-4-2-5-12-24)25-13-6-3-7-14-25/h2-19H,20H2,1H3,(H,29,32). The molecule has 0 fully saturated rings. The van der Waals surface area contributed by atoms with Crippen LogP contribution in [0.1, 0.15) is 15.9 Å². The first kappa shape index (κ1) is 22.4. The van der Waals surface area contributed by atoms with Gasteiger partial charge < -0.3 is 5.32 Å². The van der Waals surface area contributed by atoms with Gasteiger partial charge in [0, 0.05) is 27.5 Å². The Morgan fingerprint density at radius 1 is 0.758 bits per heavy atom. The van der Waals surface area contributed by atoms with E-state index in [1.54, 1.807) is 11.0 Å². The summed E-state index contributed by atoms with van der Waals surface area (Å²) < 4.78 is 0. The minimum absolute atomic E-state index is 0.00535. The zero-order valence-corrected chi connectivity index (χ0v) is 19.1. The van der Waals surface area contributed by atoms with Crippen LogP contribution in [-0.2, 0) is 4.79 Å². The predicted octanol–water partition coefficient (Wildman–Crippen LogP) is 6.70. The first-order chi connectivity index (χ1) is 16.1. The lowest BCUT2D eigenvalue weighted by Gasteiger charge is -2.23. The maximum absolute atomic E-state index is 13.2. The summed E-state index contributed by atoms with van der Waals surface area (Å²) in [5, 5.41) is 2.92. The molecule has 1 N–H and O–H groups in total. The number of hydrogen-bond acceptors (Lipinski definition) is 3. The van der Waals surface area contributed by atoms with Crippen LogP contribution in [0.5, 0.6) is 0 Å². The van der Waals surface area contributed by atoms with Crippen molar-refractivity contribution in [1.82, 2.24) is 0 Å². The second-order valence-electron chi connectivity index (χ2n) is 7.54. The molecule has 0 aliphatic rings. The Balaban J connectivity index is 1.40. The van der Waals surface area contributed by atoms with Gasteiger partial charge in [-0.3, -0.25) is 14.5 Å². The molecular weight excluding hydrogens is 428 g/mol. The third-order valence-corrected chi connectivity index (χ3v) is 6.03. The van der Waals surface area contributed by atoms with Crippen LogP contribution in [0.4, 0.5) is 17.1 Å². The minimum atomic E-state index is -0.143. The summed E-state index contributed by atoms with van der Waals surface area (Å²) >= 11 is 1.47. The number of benzene rings is 4. The van der Waals surface area contributed by atoms with Gasteiger partial charge in [-0.15, -0.1) is 11.8 Å². The second kappa shape index (κ2) is 10.7. The number of nitrogens with zero attached hydrogens (tertiary/aromatic N) is 1. The third kappa shape index (κ3) is 5.90. The Morgan fingerprint density at radius 2 is 1.36 bits per heavy atom. The summed E-state index contributed by atoms with van der Waals surface area (Å²) in [6.45, 7) is 1.96. The van der Waals surface area contributed by atoms with Gasteiger partial charge in [0.2, 0.25) is 5.91 Å². The van der Waals surface area contributed by atoms with Crippen molar-refractivity contribution >= 4 is 40.6 Å². The Labute approximate surface area is 198 Å². The zero-order valence-electron chi connectivity index (χ0n) is 18.3. The summed E-state index contributed by atoms with van der Waals surface area (Å²) in [7, 11) is 0. The SMILES string of the molecule is Cc1cccc(C(=O)Nc2ccc(SCC(=O)N(c3ccccc3)c3ccccc3)cc2)c1. The van der Waals surface area contributed by atoms with E-state index in [9.17, 15) is 9.59 Å². The van der Waals surface area contributed by atoms with Gasteiger partial charge in [-0.1, -0.05) is 54.1 Å². The van der Waals surface area contributed by atoms with Crippen LogP contribution in [0.15, 0.2) is 114 Å². The number of rotatable bonds is 7. The number of carbonyl (C=O) groups excluding carboxylic acids is 2. The molecule has 164 valence electrons. The van der Waals surface area contributed by atoms with Crippen LogP contribution in [0, 0.1) is 6.92 Å². The molecule has 4 aromatic carbocycles. The molecule has 2 amide bonds. The highest BCUT2D eigenvalue weighted by molar-refractivity contribution is 8.00. The Kier molecular flexibility index (Phi) is 7.22. The van der Waals surface area contributed by atoms with Crippen LogP contribution in [0.2, 0.25) is 0 Å². The number of para-hydroxylation sites is 2. The maximum Gasteiger partial charge on any atom is 0.255 e. The molecule has 5 heteroatoms. The number of anilines is 3. The first-order valence-electron chi connectivity index (χ1n) is 10.6. The van der Waals surface area contributed by atoms with Crippen LogP contribution in [-0.4, -0.2) is 17.6 Å². The monoisotopic (exact) mass is 452 g/mol. The van der Waals surface area contributed by atoms with Crippen LogP contribution >= 0.6 is 11.8 Å². The summed E-state index contributed by atoms with van der Waals surface area (Å²) in [6.07, 6.45) is 0. The highest BCUT2D eigenvalue weighted by Gasteiger charge is 2.18. The average Bonchev–Trinajstić information content (AvgIpc) is 2.85. The number of thioether (sulfide) groups is 1. The molecule has 0 unspecified atom stereocenters. The molecule has 4 rings (SSSR count). The largest absolute Gasteiger partial charge is 0.322 e. The highest BCUT2D eigenvalue weighted by atomic mass is 32.2. The molecule has 4 nitrogen and oxygen atoms in total. The molecule has 0 saturated heterocycles. The Hall–Kier alpha value is -3.83. The Morgan fingerprint density at radius 3 is 1.94 bits per heavy atom. The molecule has 0 aliphatic heterocycles. The van der Waals surface area contributed by atoms with E-state index in [0.29, 0.717) is 17.0 Å². The van der Waals surface area contributed by atoms with Crippen molar-refractivity contribution in [3.05, 3.63) is 120 Å². The van der Waals surface area contributed by atoms with E-state index in [0.717, 1.165) is 21.8 Å². The van der Waals surface area contributed by atoms with Crippen molar-refractivity contribution in [2.45, 2.75) is 11.8 Å². The van der Waals surface area contributed by atoms with E-state index in [4.69, 9.17) is 0 Å². The maximum atomic E-state index is 13.2. The van der Waals surface area contributed by atoms with E-state index < -0.39 is 0 Å². The van der Waals surface area contributed by atoms with E-state index in [1.807, 2.05) is 110 Å². The summed E-state index contributed by atoms with van der Waals surface area (Å²) in [5.74, 6) is 0.142. The van der Waals surface area contributed by atoms with Crippen LogP contribution < -0.4 is 10.2 Å². The van der Waals surface area contributed by atoms with Crippen molar-refractivity contribution < 1.29 is 9.59 Å². The zero-order chi connectivity index (χ0) is 23.0. The predicted molar refractivity (Wildman–Crippen MR) is 136 cm³/mol. The average molecular weight is 453 g/mol. The summed E-state index contributed by atoms with van der Waals surface area (Å²) in [5.41, 5.74) is 4.06. The second-order valence-corrected chi connectivity index (χ2v) is 8.59. The highest BCUT2D eigenvalue weighted by Crippen LogP contribution is 2.28. The van der Waals surface area contributed by atoms with E-state index in [2.05, 4.69) is 5.32 Å². The number of nitrogens with one attached hydrogen (secondary N) is 1. The van der Waals surface area contributed by atoms with Crippen molar-refractivity contribution in [2.24, 2.45) is 0 Å². The molecule has 0 radical (unpaired) electrons. The molecule has 4 aromatic rings. The van der Waals surface area contributed by atoms with Crippen molar-refractivity contribution in [3.8, 4) is 0 Å². The van der Waals surface area contributed by atoms with Crippen molar-refractivity contribution in [1.29, 1.82) is 0 Å². The molecule has 0 aromatic heterocycles. The smallest absolute Gasteiger partial charge is 0.255 e. The lowest BCUT2D eigenvalue weighted by atomic mass is 10.1.